The van der Waals surface area contributed by atoms with E-state index in [9.17, 15) is 0 Å². The average molecular weight is 255 g/mol. The zero-order valence-electron chi connectivity index (χ0n) is 14.1. The van der Waals surface area contributed by atoms with Gasteiger partial charge >= 0.3 is 0 Å². The van der Waals surface area contributed by atoms with Gasteiger partial charge in [-0.1, -0.05) is 61.3 Å². The van der Waals surface area contributed by atoms with Crippen LogP contribution >= 0.6 is 0 Å². The van der Waals surface area contributed by atoms with Crippen LogP contribution in [-0.4, -0.2) is 0 Å². The molecule has 18 heavy (non-hydrogen) atoms. The summed E-state index contributed by atoms with van der Waals surface area (Å²) in [5.74, 6) is 4.50. The predicted molar refractivity (Wildman–Crippen MR) is 84.9 cm³/mol. The van der Waals surface area contributed by atoms with Gasteiger partial charge in [-0.2, -0.15) is 0 Å². The second kappa shape index (κ2) is 9.87. The standard InChI is InChI=1S/C18H38/c1-8-9-15(4)11-17(6)13-18(7)12-16(5)10-14(2)3/h14-18H,8-13H2,1-7H3/t15-,16-,17+,18+/m1/s1. The van der Waals surface area contributed by atoms with E-state index in [1.807, 2.05) is 0 Å². The summed E-state index contributed by atoms with van der Waals surface area (Å²) in [6.45, 7) is 16.8. The summed E-state index contributed by atoms with van der Waals surface area (Å²) in [6, 6.07) is 0. The lowest BCUT2D eigenvalue weighted by Crippen LogP contribution is -2.11. The molecule has 4 atom stereocenters. The Labute approximate surface area is 117 Å². The molecule has 0 aliphatic heterocycles. The maximum absolute atomic E-state index is 2.46. The summed E-state index contributed by atoms with van der Waals surface area (Å²) in [4.78, 5) is 0. The highest BCUT2D eigenvalue weighted by atomic mass is 14.2. The van der Waals surface area contributed by atoms with Gasteiger partial charge < -0.3 is 0 Å². The third kappa shape index (κ3) is 9.97. The molecule has 0 aliphatic rings. The van der Waals surface area contributed by atoms with Crippen molar-refractivity contribution in [2.24, 2.45) is 29.6 Å². The first-order chi connectivity index (χ1) is 8.35. The second-order valence-corrected chi connectivity index (χ2v) is 7.55. The highest BCUT2D eigenvalue weighted by molar-refractivity contribution is 4.66. The van der Waals surface area contributed by atoms with E-state index >= 15 is 0 Å². The third-order valence-electron chi connectivity index (χ3n) is 4.07. The molecule has 0 aliphatic carbocycles. The third-order valence-corrected chi connectivity index (χ3v) is 4.07. The van der Waals surface area contributed by atoms with Crippen molar-refractivity contribution in [2.75, 3.05) is 0 Å². The van der Waals surface area contributed by atoms with Gasteiger partial charge in [0.25, 0.3) is 0 Å². The molecular formula is C18H38. The zero-order valence-corrected chi connectivity index (χ0v) is 14.1. The maximum Gasteiger partial charge on any atom is -0.0438 e. The highest BCUT2D eigenvalue weighted by Crippen LogP contribution is 2.27. The van der Waals surface area contributed by atoms with Crippen LogP contribution in [0, 0.1) is 29.6 Å². The first kappa shape index (κ1) is 18.0. The van der Waals surface area contributed by atoms with Crippen LogP contribution in [0.5, 0.6) is 0 Å². The molecule has 0 amide bonds. The van der Waals surface area contributed by atoms with E-state index in [-0.39, 0.29) is 0 Å². The molecule has 0 nitrogen and oxygen atoms in total. The van der Waals surface area contributed by atoms with Crippen molar-refractivity contribution in [3.05, 3.63) is 0 Å². The van der Waals surface area contributed by atoms with E-state index in [2.05, 4.69) is 48.5 Å². The molecule has 0 rings (SSSR count). The van der Waals surface area contributed by atoms with Gasteiger partial charge in [-0.3, -0.25) is 0 Å². The Morgan fingerprint density at radius 2 is 0.944 bits per heavy atom. The number of hydrogen-bond donors (Lipinski definition) is 0. The van der Waals surface area contributed by atoms with Crippen LogP contribution in [0.1, 0.15) is 87.0 Å². The molecule has 0 heterocycles. The van der Waals surface area contributed by atoms with E-state index in [4.69, 9.17) is 0 Å². The van der Waals surface area contributed by atoms with Crippen LogP contribution in [0.3, 0.4) is 0 Å². The number of rotatable bonds is 10. The summed E-state index contributed by atoms with van der Waals surface area (Å²) >= 11 is 0. The molecule has 0 bridgehead atoms. The Kier molecular flexibility index (Phi) is 9.87. The fraction of sp³-hybridized carbons (Fsp3) is 1.00. The van der Waals surface area contributed by atoms with Crippen LogP contribution in [0.15, 0.2) is 0 Å². The quantitative estimate of drug-likeness (QED) is 0.415. The van der Waals surface area contributed by atoms with Gasteiger partial charge in [0.15, 0.2) is 0 Å². The smallest absolute Gasteiger partial charge is 0.0438 e. The van der Waals surface area contributed by atoms with Gasteiger partial charge in [-0.25, -0.2) is 0 Å². The van der Waals surface area contributed by atoms with E-state index < -0.39 is 0 Å². The largest absolute Gasteiger partial charge is 0.0654 e. The predicted octanol–water partition coefficient (Wildman–Crippen LogP) is 6.55. The highest BCUT2D eigenvalue weighted by Gasteiger charge is 2.15. The first-order valence-corrected chi connectivity index (χ1v) is 8.35. The summed E-state index contributed by atoms with van der Waals surface area (Å²) in [5, 5.41) is 0. The summed E-state index contributed by atoms with van der Waals surface area (Å²) in [6.07, 6.45) is 8.42. The first-order valence-electron chi connectivity index (χ1n) is 8.35. The molecule has 0 heteroatoms. The molecule has 0 radical (unpaired) electrons. The Morgan fingerprint density at radius 1 is 0.556 bits per heavy atom. The average Bonchev–Trinajstić information content (AvgIpc) is 2.14. The normalized spacial score (nSPS) is 18.7. The van der Waals surface area contributed by atoms with Crippen LogP contribution < -0.4 is 0 Å². The lowest BCUT2D eigenvalue weighted by molar-refractivity contribution is 0.286. The van der Waals surface area contributed by atoms with E-state index in [0.29, 0.717) is 0 Å². The van der Waals surface area contributed by atoms with Crippen molar-refractivity contribution in [3.63, 3.8) is 0 Å². The van der Waals surface area contributed by atoms with Crippen molar-refractivity contribution < 1.29 is 0 Å². The summed E-state index contributed by atoms with van der Waals surface area (Å²) in [7, 11) is 0. The van der Waals surface area contributed by atoms with Crippen molar-refractivity contribution in [1.29, 1.82) is 0 Å². The molecule has 0 aromatic rings. The van der Waals surface area contributed by atoms with E-state index in [0.717, 1.165) is 29.6 Å². The maximum atomic E-state index is 2.46. The van der Waals surface area contributed by atoms with Crippen molar-refractivity contribution in [2.45, 2.75) is 87.0 Å². The van der Waals surface area contributed by atoms with E-state index in [1.54, 1.807) is 0 Å². The molecule has 0 aromatic heterocycles. The van der Waals surface area contributed by atoms with Gasteiger partial charge in [0, 0.05) is 0 Å². The molecule has 0 saturated carbocycles. The van der Waals surface area contributed by atoms with Gasteiger partial charge in [0.1, 0.15) is 0 Å². The Morgan fingerprint density at radius 3 is 1.33 bits per heavy atom. The Balaban J connectivity index is 3.82. The molecular weight excluding hydrogens is 216 g/mol. The Bertz CT molecular complexity index is 182. The van der Waals surface area contributed by atoms with Gasteiger partial charge in [-0.05, 0) is 55.3 Å². The van der Waals surface area contributed by atoms with Crippen molar-refractivity contribution in [1.82, 2.24) is 0 Å². The van der Waals surface area contributed by atoms with Gasteiger partial charge in [-0.15, -0.1) is 0 Å². The minimum atomic E-state index is 0.856. The fourth-order valence-electron chi connectivity index (χ4n) is 3.76. The van der Waals surface area contributed by atoms with Crippen LogP contribution in [0.4, 0.5) is 0 Å². The topological polar surface area (TPSA) is 0 Å². The molecule has 0 N–H and O–H groups in total. The molecule has 110 valence electrons. The summed E-state index contributed by atoms with van der Waals surface area (Å²) < 4.78 is 0. The van der Waals surface area contributed by atoms with Crippen LogP contribution in [0.2, 0.25) is 0 Å². The second-order valence-electron chi connectivity index (χ2n) is 7.55. The lowest BCUT2D eigenvalue weighted by atomic mass is 9.83. The minimum absolute atomic E-state index is 0.856. The van der Waals surface area contributed by atoms with Crippen molar-refractivity contribution >= 4 is 0 Å². The summed E-state index contributed by atoms with van der Waals surface area (Å²) in [5.41, 5.74) is 0. The molecule has 0 unspecified atom stereocenters. The minimum Gasteiger partial charge on any atom is -0.0654 e. The van der Waals surface area contributed by atoms with Crippen LogP contribution in [-0.2, 0) is 0 Å². The molecule has 0 spiro atoms. The molecule has 0 fully saturated rings. The molecule has 0 aromatic carbocycles. The monoisotopic (exact) mass is 254 g/mol. The zero-order chi connectivity index (χ0) is 14.1. The fourth-order valence-corrected chi connectivity index (χ4v) is 3.76. The van der Waals surface area contributed by atoms with Crippen molar-refractivity contribution in [3.8, 4) is 0 Å². The van der Waals surface area contributed by atoms with E-state index in [1.165, 1.54) is 38.5 Å². The van der Waals surface area contributed by atoms with Gasteiger partial charge in [0.05, 0.1) is 0 Å². The van der Waals surface area contributed by atoms with Gasteiger partial charge in [0.2, 0.25) is 0 Å². The lowest BCUT2D eigenvalue weighted by Gasteiger charge is -2.23. The molecule has 0 saturated heterocycles. The SMILES string of the molecule is CCC[C@@H](C)C[C@H](C)C[C@@H](C)C[C@H](C)CC(C)C. The Hall–Kier alpha value is 0. The van der Waals surface area contributed by atoms with Crippen LogP contribution in [0.25, 0.3) is 0 Å². The number of hydrogen-bond acceptors (Lipinski definition) is 0.